The van der Waals surface area contributed by atoms with Gasteiger partial charge >= 0.3 is 0 Å². The van der Waals surface area contributed by atoms with Crippen LogP contribution < -0.4 is 20.1 Å². The summed E-state index contributed by atoms with van der Waals surface area (Å²) < 4.78 is 10.5. The van der Waals surface area contributed by atoms with Crippen molar-refractivity contribution in [2.24, 2.45) is 4.99 Å². The molecule has 2 aromatic carbocycles. The smallest absolute Gasteiger partial charge is 0.191 e. The molecular weight excluding hydrogens is 378 g/mol. The molecule has 3 N–H and O–H groups in total. The van der Waals surface area contributed by atoms with Gasteiger partial charge < -0.3 is 25.2 Å². The summed E-state index contributed by atoms with van der Waals surface area (Å²) >= 11 is 5.96. The zero-order chi connectivity index (χ0) is 20.5. The minimum absolute atomic E-state index is 0.0316. The lowest BCUT2D eigenvalue weighted by Gasteiger charge is -2.19. The normalized spacial score (nSPS) is 13.6. The van der Waals surface area contributed by atoms with Crippen LogP contribution in [0.4, 0.5) is 0 Å². The predicted molar refractivity (Wildman–Crippen MR) is 113 cm³/mol. The molecule has 2 rings (SSSR count). The van der Waals surface area contributed by atoms with Gasteiger partial charge in [-0.15, -0.1) is 0 Å². The van der Waals surface area contributed by atoms with E-state index in [0.29, 0.717) is 34.6 Å². The highest BCUT2D eigenvalue weighted by Gasteiger charge is 2.13. The number of nitrogens with zero attached hydrogens (tertiary/aromatic N) is 1. The highest BCUT2D eigenvalue weighted by atomic mass is 35.5. The van der Waals surface area contributed by atoms with Crippen molar-refractivity contribution in [1.82, 2.24) is 10.6 Å². The fourth-order valence-electron chi connectivity index (χ4n) is 2.66. The van der Waals surface area contributed by atoms with E-state index >= 15 is 0 Å². The molecule has 6 nitrogen and oxygen atoms in total. The standard InChI is InChI=1S/C21H28ClN3O3/c1-5-23-21(25-14(2)15-6-8-17(22)9-7-15)24-13-20(26)16-10-18(27-3)12-19(11-16)28-4/h6-12,14,20,26H,5,13H2,1-4H3,(H2,23,24,25). The molecule has 2 atom stereocenters. The van der Waals surface area contributed by atoms with Crippen molar-refractivity contribution < 1.29 is 14.6 Å². The summed E-state index contributed by atoms with van der Waals surface area (Å²) in [6.45, 7) is 4.94. The third-order valence-corrected chi connectivity index (χ3v) is 4.50. The van der Waals surface area contributed by atoms with Gasteiger partial charge in [0.05, 0.1) is 32.9 Å². The average Bonchev–Trinajstić information content (AvgIpc) is 2.71. The highest BCUT2D eigenvalue weighted by molar-refractivity contribution is 6.30. The molecule has 28 heavy (non-hydrogen) atoms. The Hall–Kier alpha value is -2.44. The van der Waals surface area contributed by atoms with Gasteiger partial charge in [0.2, 0.25) is 0 Å². The van der Waals surface area contributed by atoms with Gasteiger partial charge in [-0.2, -0.15) is 0 Å². The Labute approximate surface area is 171 Å². The van der Waals surface area contributed by atoms with Crippen molar-refractivity contribution in [1.29, 1.82) is 0 Å². The van der Waals surface area contributed by atoms with E-state index in [0.717, 1.165) is 5.56 Å². The molecule has 7 heteroatoms. The maximum atomic E-state index is 10.6. The third-order valence-electron chi connectivity index (χ3n) is 4.25. The molecule has 0 radical (unpaired) electrons. The second kappa shape index (κ2) is 10.8. The minimum Gasteiger partial charge on any atom is -0.497 e. The minimum atomic E-state index is -0.787. The van der Waals surface area contributed by atoms with Gasteiger partial charge in [-0.1, -0.05) is 23.7 Å². The molecule has 0 aliphatic carbocycles. The number of aliphatic hydroxyl groups excluding tert-OH is 1. The number of benzene rings is 2. The lowest BCUT2D eigenvalue weighted by molar-refractivity contribution is 0.186. The van der Waals surface area contributed by atoms with Crippen LogP contribution in [-0.2, 0) is 0 Å². The van der Waals surface area contributed by atoms with Crippen molar-refractivity contribution in [2.45, 2.75) is 26.0 Å². The molecule has 0 saturated heterocycles. The van der Waals surface area contributed by atoms with E-state index in [9.17, 15) is 5.11 Å². The number of nitrogens with one attached hydrogen (secondary N) is 2. The molecule has 2 unspecified atom stereocenters. The van der Waals surface area contributed by atoms with Crippen LogP contribution in [0.5, 0.6) is 11.5 Å². The zero-order valence-corrected chi connectivity index (χ0v) is 17.5. The summed E-state index contributed by atoms with van der Waals surface area (Å²) in [4.78, 5) is 4.52. The maximum absolute atomic E-state index is 10.6. The van der Waals surface area contributed by atoms with Crippen LogP contribution in [0.3, 0.4) is 0 Å². The number of halogens is 1. The quantitative estimate of drug-likeness (QED) is 0.461. The summed E-state index contributed by atoms with van der Waals surface area (Å²) in [5.41, 5.74) is 1.77. The Morgan fingerprint density at radius 1 is 1.07 bits per heavy atom. The molecule has 0 spiro atoms. The van der Waals surface area contributed by atoms with E-state index in [1.54, 1.807) is 32.4 Å². The molecule has 0 aromatic heterocycles. The molecule has 2 aromatic rings. The SMILES string of the molecule is CCNC(=NCC(O)c1cc(OC)cc(OC)c1)NC(C)c1ccc(Cl)cc1. The first-order valence-electron chi connectivity index (χ1n) is 9.18. The van der Waals surface area contributed by atoms with Crippen LogP contribution in [0.15, 0.2) is 47.5 Å². The van der Waals surface area contributed by atoms with Crippen LogP contribution in [0.2, 0.25) is 5.02 Å². The number of ether oxygens (including phenoxy) is 2. The van der Waals surface area contributed by atoms with Gasteiger partial charge in [0, 0.05) is 17.6 Å². The van der Waals surface area contributed by atoms with Gasteiger partial charge in [0.15, 0.2) is 5.96 Å². The monoisotopic (exact) mass is 405 g/mol. The first-order chi connectivity index (χ1) is 13.5. The molecule has 0 saturated carbocycles. The van der Waals surface area contributed by atoms with Crippen LogP contribution in [0, 0.1) is 0 Å². The summed E-state index contributed by atoms with van der Waals surface area (Å²) in [5.74, 6) is 1.87. The van der Waals surface area contributed by atoms with Crippen LogP contribution in [-0.4, -0.2) is 38.4 Å². The first kappa shape index (κ1) is 21.9. The van der Waals surface area contributed by atoms with E-state index < -0.39 is 6.10 Å². The van der Waals surface area contributed by atoms with Gasteiger partial charge in [-0.3, -0.25) is 4.99 Å². The molecule has 152 valence electrons. The Balaban J connectivity index is 2.09. The number of rotatable bonds is 8. The lowest BCUT2D eigenvalue weighted by Crippen LogP contribution is -2.39. The number of methoxy groups -OCH3 is 2. The van der Waals surface area contributed by atoms with Gasteiger partial charge in [-0.05, 0) is 49.2 Å². The Morgan fingerprint density at radius 3 is 2.21 bits per heavy atom. The topological polar surface area (TPSA) is 75.1 Å². The van der Waals surface area contributed by atoms with Gasteiger partial charge in [0.25, 0.3) is 0 Å². The Bertz CT molecular complexity index is 759. The van der Waals surface area contributed by atoms with Crippen molar-refractivity contribution >= 4 is 17.6 Å². The van der Waals surface area contributed by atoms with Crippen molar-refractivity contribution in [3.8, 4) is 11.5 Å². The fourth-order valence-corrected chi connectivity index (χ4v) is 2.79. The number of aliphatic imine (C=N–C) groups is 1. The second-order valence-electron chi connectivity index (χ2n) is 6.30. The van der Waals surface area contributed by atoms with Gasteiger partial charge in [-0.25, -0.2) is 0 Å². The van der Waals surface area contributed by atoms with Crippen LogP contribution >= 0.6 is 11.6 Å². The van der Waals surface area contributed by atoms with Crippen molar-refractivity contribution in [3.05, 3.63) is 58.6 Å². The second-order valence-corrected chi connectivity index (χ2v) is 6.74. The fraction of sp³-hybridized carbons (Fsp3) is 0.381. The summed E-state index contributed by atoms with van der Waals surface area (Å²) in [7, 11) is 3.16. The zero-order valence-electron chi connectivity index (χ0n) is 16.7. The average molecular weight is 406 g/mol. The van der Waals surface area contributed by atoms with Crippen molar-refractivity contribution in [3.63, 3.8) is 0 Å². The predicted octanol–water partition coefficient (Wildman–Crippen LogP) is 3.71. The largest absolute Gasteiger partial charge is 0.497 e. The highest BCUT2D eigenvalue weighted by Crippen LogP contribution is 2.26. The molecule has 0 bridgehead atoms. The Morgan fingerprint density at radius 2 is 1.68 bits per heavy atom. The number of guanidine groups is 1. The summed E-state index contributed by atoms with van der Waals surface area (Å²) in [5, 5.41) is 17.8. The van der Waals surface area contributed by atoms with E-state index in [-0.39, 0.29) is 12.6 Å². The van der Waals surface area contributed by atoms with Crippen molar-refractivity contribution in [2.75, 3.05) is 27.3 Å². The van der Waals surface area contributed by atoms with Crippen LogP contribution in [0.1, 0.15) is 37.1 Å². The molecule has 0 amide bonds. The molecule has 0 fully saturated rings. The van der Waals surface area contributed by atoms with E-state index in [1.165, 1.54) is 0 Å². The molecule has 0 aliphatic rings. The molecule has 0 heterocycles. The van der Waals surface area contributed by atoms with E-state index in [2.05, 4.69) is 15.6 Å². The maximum Gasteiger partial charge on any atom is 0.191 e. The number of hydrogen-bond acceptors (Lipinski definition) is 4. The van der Waals surface area contributed by atoms with E-state index in [4.69, 9.17) is 21.1 Å². The third kappa shape index (κ3) is 6.32. The van der Waals surface area contributed by atoms with Gasteiger partial charge in [0.1, 0.15) is 11.5 Å². The summed E-state index contributed by atoms with van der Waals surface area (Å²) in [6, 6.07) is 13.0. The lowest BCUT2D eigenvalue weighted by atomic mass is 10.1. The van der Waals surface area contributed by atoms with E-state index in [1.807, 2.05) is 38.1 Å². The molecule has 0 aliphatic heterocycles. The van der Waals surface area contributed by atoms with Crippen LogP contribution in [0.25, 0.3) is 0 Å². The number of hydrogen-bond donors (Lipinski definition) is 3. The summed E-state index contributed by atoms with van der Waals surface area (Å²) in [6.07, 6.45) is -0.787. The number of aliphatic hydroxyl groups is 1. The Kier molecular flexibility index (Phi) is 8.42. The molecular formula is C21H28ClN3O3. The first-order valence-corrected chi connectivity index (χ1v) is 9.56.